The quantitative estimate of drug-likeness (QED) is 0.398. The van der Waals surface area contributed by atoms with E-state index >= 15 is 0 Å². The molecular weight excluding hydrogens is 396 g/mol. The van der Waals surface area contributed by atoms with Gasteiger partial charge in [0, 0.05) is 22.6 Å². The summed E-state index contributed by atoms with van der Waals surface area (Å²) in [7, 11) is 0. The highest BCUT2D eigenvalue weighted by molar-refractivity contribution is 7.11. The van der Waals surface area contributed by atoms with Crippen molar-refractivity contribution in [3.63, 3.8) is 0 Å². The molecule has 0 aliphatic carbocycles. The van der Waals surface area contributed by atoms with Crippen LogP contribution in [0.3, 0.4) is 0 Å². The summed E-state index contributed by atoms with van der Waals surface area (Å²) < 4.78 is 5.83. The minimum absolute atomic E-state index is 0.213. The normalized spacial score (nSPS) is 11.3. The lowest BCUT2D eigenvalue weighted by Crippen LogP contribution is -1.94. The van der Waals surface area contributed by atoms with E-state index < -0.39 is 5.97 Å². The fourth-order valence-corrected chi connectivity index (χ4v) is 3.70. The van der Waals surface area contributed by atoms with Crippen LogP contribution in [0.1, 0.15) is 26.7 Å². The van der Waals surface area contributed by atoms with Crippen LogP contribution in [-0.4, -0.2) is 16.1 Å². The van der Waals surface area contributed by atoms with Crippen LogP contribution in [0.25, 0.3) is 34.2 Å². The summed E-state index contributed by atoms with van der Waals surface area (Å²) in [6.07, 6.45) is 1.66. The summed E-state index contributed by atoms with van der Waals surface area (Å²) in [5.74, 6) is 0.141. The van der Waals surface area contributed by atoms with Crippen molar-refractivity contribution in [1.29, 1.82) is 5.26 Å². The van der Waals surface area contributed by atoms with Crippen molar-refractivity contribution in [2.24, 2.45) is 0 Å². The molecule has 0 aliphatic rings. The lowest BCUT2D eigenvalue weighted by molar-refractivity contribution is 0.0697. The van der Waals surface area contributed by atoms with E-state index in [4.69, 9.17) is 9.52 Å². The number of aromatic nitrogens is 1. The topological polar surface area (TPSA) is 87.1 Å². The van der Waals surface area contributed by atoms with Crippen LogP contribution in [0.2, 0.25) is 0 Å². The highest BCUT2D eigenvalue weighted by atomic mass is 32.1. The molecule has 30 heavy (non-hydrogen) atoms. The van der Waals surface area contributed by atoms with Crippen molar-refractivity contribution < 1.29 is 14.3 Å². The Kier molecular flexibility index (Phi) is 5.29. The summed E-state index contributed by atoms with van der Waals surface area (Å²) in [6, 6.07) is 20.3. The molecule has 2 aromatic heterocycles. The molecule has 0 unspecified atom stereocenters. The standard InChI is InChI=1S/C24H16N2O3S/c1-15-2-4-16(5-3-15)21-14-30-23(26-21)19(13-25)12-20-10-11-22(29-20)17-6-8-18(9-7-17)24(27)28/h2-12,14H,1H3,(H,27,28). The van der Waals surface area contributed by atoms with Crippen molar-refractivity contribution >= 4 is 29.0 Å². The van der Waals surface area contributed by atoms with Gasteiger partial charge in [-0.1, -0.05) is 42.0 Å². The third-order valence-electron chi connectivity index (χ3n) is 4.53. The Bertz CT molecular complexity index is 1270. The number of aryl methyl sites for hydroxylation is 1. The Morgan fingerprint density at radius 2 is 1.77 bits per heavy atom. The molecule has 0 saturated heterocycles. The first-order chi connectivity index (χ1) is 14.5. The van der Waals surface area contributed by atoms with Crippen LogP contribution < -0.4 is 0 Å². The maximum Gasteiger partial charge on any atom is 0.335 e. The summed E-state index contributed by atoms with van der Waals surface area (Å²) in [4.78, 5) is 15.6. The molecule has 1 N–H and O–H groups in total. The van der Waals surface area contributed by atoms with Gasteiger partial charge >= 0.3 is 5.97 Å². The number of carboxylic acids is 1. The molecule has 5 nitrogen and oxygen atoms in total. The van der Waals surface area contributed by atoms with E-state index in [-0.39, 0.29) is 5.56 Å². The fraction of sp³-hybridized carbons (Fsp3) is 0.0417. The Labute approximate surface area is 177 Å². The molecule has 0 atom stereocenters. The number of carbonyl (C=O) groups is 1. The van der Waals surface area contributed by atoms with Gasteiger partial charge in [-0.05, 0) is 31.2 Å². The highest BCUT2D eigenvalue weighted by Crippen LogP contribution is 2.29. The summed E-state index contributed by atoms with van der Waals surface area (Å²) in [5.41, 5.74) is 4.40. The first kappa shape index (κ1) is 19.4. The van der Waals surface area contributed by atoms with Gasteiger partial charge in [-0.25, -0.2) is 9.78 Å². The maximum atomic E-state index is 11.0. The fourth-order valence-electron chi connectivity index (χ4n) is 2.90. The number of carboxylic acid groups (broad SMARTS) is 1. The second-order valence-electron chi connectivity index (χ2n) is 6.66. The molecule has 6 heteroatoms. The van der Waals surface area contributed by atoms with E-state index in [2.05, 4.69) is 11.1 Å². The van der Waals surface area contributed by atoms with E-state index in [1.165, 1.54) is 29.0 Å². The zero-order valence-electron chi connectivity index (χ0n) is 16.0. The van der Waals surface area contributed by atoms with Crippen molar-refractivity contribution in [1.82, 2.24) is 4.98 Å². The average molecular weight is 412 g/mol. The van der Waals surface area contributed by atoms with Gasteiger partial charge in [0.05, 0.1) is 16.8 Å². The number of hydrogen-bond donors (Lipinski definition) is 1. The molecule has 0 spiro atoms. The molecule has 0 fully saturated rings. The van der Waals surface area contributed by atoms with Crippen molar-refractivity contribution in [2.45, 2.75) is 6.92 Å². The van der Waals surface area contributed by atoms with Crippen LogP contribution in [-0.2, 0) is 0 Å². The molecule has 2 aromatic carbocycles. The highest BCUT2D eigenvalue weighted by Gasteiger charge is 2.11. The number of nitrogens with zero attached hydrogens (tertiary/aromatic N) is 2. The Morgan fingerprint density at radius 3 is 2.43 bits per heavy atom. The lowest BCUT2D eigenvalue weighted by atomic mass is 10.1. The smallest absolute Gasteiger partial charge is 0.335 e. The first-order valence-electron chi connectivity index (χ1n) is 9.12. The number of hydrogen-bond acceptors (Lipinski definition) is 5. The summed E-state index contributed by atoms with van der Waals surface area (Å²) in [6.45, 7) is 2.03. The van der Waals surface area contributed by atoms with Gasteiger partial charge in [0.2, 0.25) is 0 Å². The van der Waals surface area contributed by atoms with Gasteiger partial charge in [-0.2, -0.15) is 5.26 Å². The number of aromatic carboxylic acids is 1. The minimum Gasteiger partial charge on any atom is -0.478 e. The van der Waals surface area contributed by atoms with Crippen LogP contribution in [0.15, 0.2) is 70.5 Å². The largest absolute Gasteiger partial charge is 0.478 e. The van der Waals surface area contributed by atoms with Crippen LogP contribution in [0.5, 0.6) is 0 Å². The Morgan fingerprint density at radius 1 is 1.07 bits per heavy atom. The zero-order chi connectivity index (χ0) is 21.1. The van der Waals surface area contributed by atoms with Gasteiger partial charge in [-0.15, -0.1) is 11.3 Å². The number of benzene rings is 2. The molecule has 2 heterocycles. The van der Waals surface area contributed by atoms with Crippen LogP contribution in [0, 0.1) is 18.3 Å². The number of allylic oxidation sites excluding steroid dienone is 1. The predicted molar refractivity (Wildman–Crippen MR) is 117 cm³/mol. The first-order valence-corrected chi connectivity index (χ1v) is 10.00. The number of furan rings is 1. The average Bonchev–Trinajstić information content (AvgIpc) is 3.42. The zero-order valence-corrected chi connectivity index (χ0v) is 16.8. The minimum atomic E-state index is -0.975. The molecule has 4 rings (SSSR count). The van der Waals surface area contributed by atoms with E-state index in [0.717, 1.165) is 16.8 Å². The molecule has 0 radical (unpaired) electrons. The van der Waals surface area contributed by atoms with Gasteiger partial charge in [0.25, 0.3) is 0 Å². The van der Waals surface area contributed by atoms with Gasteiger partial charge in [0.15, 0.2) is 0 Å². The molecule has 0 amide bonds. The molecular formula is C24H16N2O3S. The SMILES string of the molecule is Cc1ccc(-c2csc(C(C#N)=Cc3ccc(-c4ccc(C(=O)O)cc4)o3)n2)cc1. The molecule has 146 valence electrons. The number of rotatable bonds is 5. The Balaban J connectivity index is 1.59. The van der Waals surface area contributed by atoms with E-state index in [1.807, 2.05) is 36.6 Å². The van der Waals surface area contributed by atoms with E-state index in [9.17, 15) is 10.1 Å². The van der Waals surface area contributed by atoms with Crippen LogP contribution >= 0.6 is 11.3 Å². The molecule has 0 aliphatic heterocycles. The maximum absolute atomic E-state index is 11.0. The third-order valence-corrected chi connectivity index (χ3v) is 5.41. The van der Waals surface area contributed by atoms with Crippen molar-refractivity contribution in [3.05, 3.63) is 87.9 Å². The lowest BCUT2D eigenvalue weighted by Gasteiger charge is -1.98. The second-order valence-corrected chi connectivity index (χ2v) is 7.52. The van der Waals surface area contributed by atoms with E-state index in [1.54, 1.807) is 30.3 Å². The summed E-state index contributed by atoms with van der Waals surface area (Å²) in [5, 5.41) is 21.2. The van der Waals surface area contributed by atoms with Gasteiger partial charge < -0.3 is 9.52 Å². The molecule has 4 aromatic rings. The number of nitriles is 1. The number of thiazole rings is 1. The molecule has 0 bridgehead atoms. The van der Waals surface area contributed by atoms with E-state index in [0.29, 0.717) is 22.1 Å². The molecule has 0 saturated carbocycles. The predicted octanol–water partition coefficient (Wildman–Crippen LogP) is 6.14. The van der Waals surface area contributed by atoms with Crippen LogP contribution in [0.4, 0.5) is 0 Å². The van der Waals surface area contributed by atoms with Gasteiger partial charge in [-0.3, -0.25) is 0 Å². The van der Waals surface area contributed by atoms with Gasteiger partial charge in [0.1, 0.15) is 22.6 Å². The third kappa shape index (κ3) is 4.07. The van der Waals surface area contributed by atoms with Crippen molar-refractivity contribution in [3.8, 4) is 28.7 Å². The summed E-state index contributed by atoms with van der Waals surface area (Å²) >= 11 is 1.41. The van der Waals surface area contributed by atoms with Crippen molar-refractivity contribution in [2.75, 3.05) is 0 Å². The monoisotopic (exact) mass is 412 g/mol. The Hall–Kier alpha value is -3.95. The second kappa shape index (κ2) is 8.19.